The summed E-state index contributed by atoms with van der Waals surface area (Å²) < 4.78 is 29.5. The second-order valence-electron chi connectivity index (χ2n) is 4.86. The van der Waals surface area contributed by atoms with Crippen molar-refractivity contribution < 1.29 is 8.42 Å². The monoisotopic (exact) mass is 328 g/mol. The molecule has 0 aliphatic heterocycles. The summed E-state index contributed by atoms with van der Waals surface area (Å²) >= 11 is 1.32. The zero-order valence-corrected chi connectivity index (χ0v) is 13.7. The van der Waals surface area contributed by atoms with Gasteiger partial charge in [0, 0.05) is 29.9 Å². The third-order valence-electron chi connectivity index (χ3n) is 2.92. The van der Waals surface area contributed by atoms with Crippen LogP contribution in [0.2, 0.25) is 0 Å². The van der Waals surface area contributed by atoms with Gasteiger partial charge in [-0.3, -0.25) is 0 Å². The van der Waals surface area contributed by atoms with Crippen molar-refractivity contribution >= 4 is 21.4 Å². The van der Waals surface area contributed by atoms with Crippen LogP contribution in [0.4, 0.5) is 0 Å². The normalized spacial score (nSPS) is 13.4. The van der Waals surface area contributed by atoms with Gasteiger partial charge in [0.2, 0.25) is 10.0 Å². The Morgan fingerprint density at radius 1 is 1.43 bits per heavy atom. The Morgan fingerprint density at radius 2 is 2.24 bits per heavy atom. The lowest BCUT2D eigenvalue weighted by Gasteiger charge is -2.13. The molecule has 21 heavy (non-hydrogen) atoms. The molecule has 8 heteroatoms. The van der Waals surface area contributed by atoms with Crippen LogP contribution in [0.1, 0.15) is 11.8 Å². The lowest BCUT2D eigenvalue weighted by atomic mass is 10.3. The fourth-order valence-electron chi connectivity index (χ4n) is 1.96. The molecule has 2 rings (SSSR count). The van der Waals surface area contributed by atoms with Gasteiger partial charge in [-0.2, -0.15) is 0 Å². The number of sulfonamides is 1. The Kier molecular flexibility index (Phi) is 5.51. The van der Waals surface area contributed by atoms with E-state index in [4.69, 9.17) is 0 Å². The molecular weight excluding hydrogens is 308 g/mol. The van der Waals surface area contributed by atoms with Crippen LogP contribution in [0.5, 0.6) is 0 Å². The smallest absolute Gasteiger partial charge is 0.250 e. The highest BCUT2D eigenvalue weighted by molar-refractivity contribution is 7.91. The Morgan fingerprint density at radius 3 is 2.90 bits per heavy atom. The molecule has 0 amide bonds. The van der Waals surface area contributed by atoms with Gasteiger partial charge >= 0.3 is 0 Å². The molecule has 1 atom stereocenters. The van der Waals surface area contributed by atoms with E-state index in [1.807, 2.05) is 30.8 Å². The van der Waals surface area contributed by atoms with Gasteiger partial charge in [0.25, 0.3) is 0 Å². The first kappa shape index (κ1) is 16.2. The van der Waals surface area contributed by atoms with Gasteiger partial charge in [0.05, 0.1) is 6.33 Å². The van der Waals surface area contributed by atoms with Crippen LogP contribution in [0.15, 0.2) is 35.1 Å². The number of rotatable bonds is 8. The summed E-state index contributed by atoms with van der Waals surface area (Å²) in [4.78, 5) is 5.01. The van der Waals surface area contributed by atoms with E-state index in [1.54, 1.807) is 18.6 Å². The van der Waals surface area contributed by atoms with Gasteiger partial charge in [-0.15, -0.1) is 11.3 Å². The molecule has 2 aromatic heterocycles. The molecule has 116 valence electrons. The molecule has 0 fully saturated rings. The van der Waals surface area contributed by atoms with Crippen molar-refractivity contribution in [2.75, 3.05) is 13.6 Å². The van der Waals surface area contributed by atoms with Gasteiger partial charge in [-0.05, 0) is 39.1 Å². The molecule has 0 spiro atoms. The Hall–Kier alpha value is -1.22. The van der Waals surface area contributed by atoms with Crippen molar-refractivity contribution in [3.05, 3.63) is 35.7 Å². The van der Waals surface area contributed by atoms with Crippen LogP contribution in [-0.2, 0) is 23.0 Å². The summed E-state index contributed by atoms with van der Waals surface area (Å²) in [7, 11) is -1.57. The maximum Gasteiger partial charge on any atom is 0.250 e. The number of likely N-dealkylation sites (N-methyl/N-ethyl adjacent to an activating group) is 1. The first-order valence-electron chi connectivity index (χ1n) is 6.72. The minimum Gasteiger partial charge on any atom is -0.336 e. The van der Waals surface area contributed by atoms with Gasteiger partial charge in [-0.1, -0.05) is 0 Å². The van der Waals surface area contributed by atoms with E-state index in [9.17, 15) is 8.42 Å². The number of aromatic nitrogens is 2. The predicted molar refractivity (Wildman–Crippen MR) is 84.0 cm³/mol. The lowest BCUT2D eigenvalue weighted by molar-refractivity contribution is 0.521. The molecule has 0 bridgehead atoms. The molecule has 0 saturated heterocycles. The molecule has 2 heterocycles. The van der Waals surface area contributed by atoms with Crippen molar-refractivity contribution in [1.29, 1.82) is 0 Å². The molecule has 1 unspecified atom stereocenters. The van der Waals surface area contributed by atoms with Gasteiger partial charge < -0.3 is 9.88 Å². The van der Waals surface area contributed by atoms with Crippen molar-refractivity contribution in [3.63, 3.8) is 0 Å². The number of hydrogen-bond donors (Lipinski definition) is 2. The summed E-state index contributed by atoms with van der Waals surface area (Å²) in [6, 6.07) is 3.34. The number of hydrogen-bond acceptors (Lipinski definition) is 5. The number of nitrogens with one attached hydrogen (secondary N) is 2. The number of imidazole rings is 1. The Balaban J connectivity index is 1.98. The van der Waals surface area contributed by atoms with E-state index in [0.717, 1.165) is 17.8 Å². The zero-order valence-electron chi connectivity index (χ0n) is 12.1. The first-order valence-corrected chi connectivity index (χ1v) is 9.02. The van der Waals surface area contributed by atoms with Gasteiger partial charge in [0.1, 0.15) is 4.21 Å². The highest BCUT2D eigenvalue weighted by Gasteiger charge is 2.19. The largest absolute Gasteiger partial charge is 0.336 e. The van der Waals surface area contributed by atoms with E-state index < -0.39 is 10.0 Å². The Bertz CT molecular complexity index is 650. The number of nitrogens with zero attached hydrogens (tertiary/aromatic N) is 2. The number of thiophene rings is 1. The molecule has 0 aliphatic carbocycles. The van der Waals surface area contributed by atoms with Crippen molar-refractivity contribution in [2.24, 2.45) is 0 Å². The zero-order chi connectivity index (χ0) is 15.3. The second-order valence-corrected chi connectivity index (χ2v) is 7.97. The Labute approximate surface area is 129 Å². The molecule has 6 nitrogen and oxygen atoms in total. The van der Waals surface area contributed by atoms with Crippen molar-refractivity contribution in [1.82, 2.24) is 19.6 Å². The van der Waals surface area contributed by atoms with E-state index >= 15 is 0 Å². The second kappa shape index (κ2) is 7.17. The molecule has 0 aromatic carbocycles. The van der Waals surface area contributed by atoms with E-state index in [1.165, 1.54) is 11.3 Å². The highest BCUT2D eigenvalue weighted by atomic mass is 32.2. The van der Waals surface area contributed by atoms with Gasteiger partial charge in [0.15, 0.2) is 0 Å². The van der Waals surface area contributed by atoms with Crippen LogP contribution in [0.3, 0.4) is 0 Å². The van der Waals surface area contributed by atoms with Crippen LogP contribution < -0.4 is 10.0 Å². The van der Waals surface area contributed by atoms with Gasteiger partial charge in [-0.25, -0.2) is 18.1 Å². The van der Waals surface area contributed by atoms with Crippen molar-refractivity contribution in [2.45, 2.75) is 30.1 Å². The quantitative estimate of drug-likeness (QED) is 0.760. The van der Waals surface area contributed by atoms with E-state index in [2.05, 4.69) is 15.0 Å². The standard InChI is InChI=1S/C13H20N4O2S2/c1-11(9-17-8-7-15-10-17)16-21(18,19)13-4-3-12(20-13)5-6-14-2/h3-4,7-8,10-11,14,16H,5-6,9H2,1-2H3. The van der Waals surface area contributed by atoms with Crippen LogP contribution in [0, 0.1) is 0 Å². The van der Waals surface area contributed by atoms with E-state index in [0.29, 0.717) is 10.8 Å². The third kappa shape index (κ3) is 4.63. The molecule has 2 aromatic rings. The maximum absolute atomic E-state index is 12.3. The summed E-state index contributed by atoms with van der Waals surface area (Å²) in [5, 5.41) is 3.05. The molecule has 0 aliphatic rings. The molecule has 0 radical (unpaired) electrons. The van der Waals surface area contributed by atoms with Crippen LogP contribution >= 0.6 is 11.3 Å². The fourth-order valence-corrected chi connectivity index (χ4v) is 4.56. The summed E-state index contributed by atoms with van der Waals surface area (Å²) in [5.74, 6) is 0. The summed E-state index contributed by atoms with van der Waals surface area (Å²) in [6.45, 7) is 3.23. The maximum atomic E-state index is 12.3. The highest BCUT2D eigenvalue weighted by Crippen LogP contribution is 2.22. The lowest BCUT2D eigenvalue weighted by Crippen LogP contribution is -2.35. The fraction of sp³-hybridized carbons (Fsp3) is 0.462. The summed E-state index contributed by atoms with van der Waals surface area (Å²) in [5.41, 5.74) is 0. The average molecular weight is 328 g/mol. The third-order valence-corrected chi connectivity index (χ3v) is 6.15. The minimum atomic E-state index is -3.45. The van der Waals surface area contributed by atoms with Crippen LogP contribution in [0.25, 0.3) is 0 Å². The van der Waals surface area contributed by atoms with Crippen LogP contribution in [-0.4, -0.2) is 37.6 Å². The topological polar surface area (TPSA) is 76.0 Å². The predicted octanol–water partition coefficient (Wildman–Crippen LogP) is 1.07. The van der Waals surface area contributed by atoms with E-state index in [-0.39, 0.29) is 6.04 Å². The SMILES string of the molecule is CNCCc1ccc(S(=O)(=O)NC(C)Cn2ccnc2)s1. The summed E-state index contributed by atoms with van der Waals surface area (Å²) in [6.07, 6.45) is 5.99. The minimum absolute atomic E-state index is 0.202. The molecular formula is C13H20N4O2S2. The first-order chi connectivity index (χ1) is 10.0. The van der Waals surface area contributed by atoms with Crippen molar-refractivity contribution in [3.8, 4) is 0 Å². The molecule has 0 saturated carbocycles. The molecule has 2 N–H and O–H groups in total. The average Bonchev–Trinajstić information content (AvgIpc) is 3.06.